The van der Waals surface area contributed by atoms with Gasteiger partial charge >= 0.3 is 0 Å². The van der Waals surface area contributed by atoms with E-state index in [1.54, 1.807) is 0 Å². The van der Waals surface area contributed by atoms with Crippen molar-refractivity contribution in [2.24, 2.45) is 11.3 Å². The standard InChI is InChI=1S/C29H52N4O10/c1-20(2)29(4,19-30)10-9-23(36)32-12-16-40-13-8-14-41-18-24(37)31-11-6-5-7-15-42-28-25(33-21(3)35)27(39)26(38)22(17-34)43-28/h20,22,25-28,34,38-39H,5-18H2,1-4H3,(H,31,37)(H,32,36)(H,33,35)/t22-,25-,26+,27-,28-,29?/m1/s1. The lowest BCUT2D eigenvalue weighted by Gasteiger charge is -2.42. The number of carbonyl (C=O) groups excluding carboxylic acids is 3. The molecule has 1 aliphatic rings. The van der Waals surface area contributed by atoms with Gasteiger partial charge in [-0.3, -0.25) is 14.4 Å². The van der Waals surface area contributed by atoms with E-state index in [4.69, 9.17) is 18.9 Å². The normalized spacial score (nSPS) is 23.3. The number of unbranched alkanes of at least 4 members (excludes halogenated alkanes) is 2. The fourth-order valence-corrected chi connectivity index (χ4v) is 4.22. The molecule has 6 atom stereocenters. The fraction of sp³-hybridized carbons (Fsp3) is 0.862. The van der Waals surface area contributed by atoms with Crippen LogP contribution in [0.3, 0.4) is 0 Å². The number of rotatable bonds is 22. The van der Waals surface area contributed by atoms with Crippen molar-refractivity contribution >= 4 is 17.7 Å². The Balaban J connectivity index is 2.03. The van der Waals surface area contributed by atoms with Crippen molar-refractivity contribution in [1.82, 2.24) is 16.0 Å². The first-order valence-electron chi connectivity index (χ1n) is 15.1. The van der Waals surface area contributed by atoms with E-state index < -0.39 is 48.6 Å². The summed E-state index contributed by atoms with van der Waals surface area (Å²) < 4.78 is 22.0. The first-order chi connectivity index (χ1) is 20.4. The van der Waals surface area contributed by atoms with Gasteiger partial charge in [-0.2, -0.15) is 5.26 Å². The second-order valence-corrected chi connectivity index (χ2v) is 11.3. The Morgan fingerprint density at radius 3 is 2.30 bits per heavy atom. The minimum Gasteiger partial charge on any atom is -0.394 e. The molecule has 0 aliphatic carbocycles. The van der Waals surface area contributed by atoms with Crippen LogP contribution in [0.25, 0.3) is 0 Å². The van der Waals surface area contributed by atoms with Crippen LogP contribution < -0.4 is 16.0 Å². The van der Waals surface area contributed by atoms with Gasteiger partial charge in [0.25, 0.3) is 0 Å². The number of aliphatic hydroxyl groups is 3. The summed E-state index contributed by atoms with van der Waals surface area (Å²) in [6, 6.07) is 1.33. The minimum absolute atomic E-state index is 0.0546. The van der Waals surface area contributed by atoms with E-state index in [1.165, 1.54) is 6.92 Å². The molecule has 1 rings (SSSR count). The summed E-state index contributed by atoms with van der Waals surface area (Å²) in [7, 11) is 0. The number of nitrogens with zero attached hydrogens (tertiary/aromatic N) is 1. The maximum Gasteiger partial charge on any atom is 0.245 e. The molecule has 0 radical (unpaired) electrons. The molecule has 14 nitrogen and oxygen atoms in total. The van der Waals surface area contributed by atoms with Gasteiger partial charge in [-0.1, -0.05) is 13.8 Å². The highest BCUT2D eigenvalue weighted by Gasteiger charge is 2.45. The highest BCUT2D eigenvalue weighted by atomic mass is 16.7. The second kappa shape index (κ2) is 21.3. The molecule has 0 aromatic rings. The average Bonchev–Trinajstić information content (AvgIpc) is 2.97. The SMILES string of the molecule is CC(=O)N[C@H]1[C@H](OCCCCCNC(=O)COCCCOCCNC(=O)CCC(C)(C#N)C(C)C)O[C@H](CO)[C@H](O)[C@@H]1O. The number of ether oxygens (including phenoxy) is 4. The van der Waals surface area contributed by atoms with E-state index in [9.17, 15) is 35.0 Å². The van der Waals surface area contributed by atoms with Gasteiger partial charge in [0.1, 0.15) is 31.0 Å². The Labute approximate surface area is 254 Å². The van der Waals surface area contributed by atoms with E-state index in [2.05, 4.69) is 22.0 Å². The van der Waals surface area contributed by atoms with Crippen LogP contribution in [-0.4, -0.2) is 116 Å². The van der Waals surface area contributed by atoms with E-state index in [-0.39, 0.29) is 30.9 Å². The van der Waals surface area contributed by atoms with E-state index in [0.29, 0.717) is 65.0 Å². The molecule has 0 aromatic heterocycles. The zero-order chi connectivity index (χ0) is 32.3. The summed E-state index contributed by atoms with van der Waals surface area (Å²) in [5, 5.41) is 47.1. The molecule has 1 heterocycles. The van der Waals surface area contributed by atoms with Crippen LogP contribution in [0.15, 0.2) is 0 Å². The average molecular weight is 617 g/mol. The lowest BCUT2D eigenvalue weighted by molar-refractivity contribution is -0.270. The zero-order valence-electron chi connectivity index (χ0n) is 26.0. The number of hydrogen-bond acceptors (Lipinski definition) is 11. The zero-order valence-corrected chi connectivity index (χ0v) is 26.0. The Morgan fingerprint density at radius 2 is 1.65 bits per heavy atom. The Bertz CT molecular complexity index is 871. The van der Waals surface area contributed by atoms with Gasteiger partial charge < -0.3 is 50.2 Å². The highest BCUT2D eigenvalue weighted by molar-refractivity contribution is 5.77. The van der Waals surface area contributed by atoms with Gasteiger partial charge in [0.2, 0.25) is 17.7 Å². The summed E-state index contributed by atoms with van der Waals surface area (Å²) in [5.74, 6) is -0.563. The number of nitrogens with one attached hydrogen (secondary N) is 3. The summed E-state index contributed by atoms with van der Waals surface area (Å²) >= 11 is 0. The van der Waals surface area contributed by atoms with Crippen LogP contribution in [-0.2, 0) is 33.3 Å². The largest absolute Gasteiger partial charge is 0.394 e. The number of amides is 3. The molecule has 1 unspecified atom stereocenters. The molecule has 0 saturated carbocycles. The van der Waals surface area contributed by atoms with E-state index in [1.807, 2.05) is 20.8 Å². The molecule has 6 N–H and O–H groups in total. The fourth-order valence-electron chi connectivity index (χ4n) is 4.22. The van der Waals surface area contributed by atoms with Gasteiger partial charge in [0, 0.05) is 46.3 Å². The predicted octanol–water partition coefficient (Wildman–Crippen LogP) is -0.261. The number of carbonyl (C=O) groups is 3. The van der Waals surface area contributed by atoms with Crippen molar-refractivity contribution in [1.29, 1.82) is 5.26 Å². The third-order valence-electron chi connectivity index (χ3n) is 7.46. The number of nitriles is 1. The Kier molecular flexibility index (Phi) is 19.2. The molecule has 14 heteroatoms. The molecular weight excluding hydrogens is 564 g/mol. The van der Waals surface area contributed by atoms with Crippen LogP contribution >= 0.6 is 0 Å². The van der Waals surface area contributed by atoms with Gasteiger partial charge in [-0.05, 0) is 44.9 Å². The van der Waals surface area contributed by atoms with Crippen molar-refractivity contribution in [3.05, 3.63) is 0 Å². The van der Waals surface area contributed by atoms with E-state index in [0.717, 1.165) is 6.42 Å². The smallest absolute Gasteiger partial charge is 0.245 e. The quantitative estimate of drug-likeness (QED) is 0.0873. The lowest BCUT2D eigenvalue weighted by atomic mass is 9.77. The molecule has 0 aromatic carbocycles. The summed E-state index contributed by atoms with van der Waals surface area (Å²) in [4.78, 5) is 35.3. The Hall–Kier alpha value is -2.38. The molecule has 1 fully saturated rings. The van der Waals surface area contributed by atoms with Crippen LogP contribution in [0.1, 0.15) is 66.2 Å². The number of aliphatic hydroxyl groups excluding tert-OH is 3. The van der Waals surface area contributed by atoms with Crippen LogP contribution in [0.2, 0.25) is 0 Å². The van der Waals surface area contributed by atoms with Crippen LogP contribution in [0.4, 0.5) is 0 Å². The van der Waals surface area contributed by atoms with Crippen molar-refractivity contribution in [2.75, 3.05) is 52.7 Å². The van der Waals surface area contributed by atoms with Gasteiger partial charge in [0.15, 0.2) is 6.29 Å². The highest BCUT2D eigenvalue weighted by Crippen LogP contribution is 2.31. The molecule has 1 aliphatic heterocycles. The summed E-state index contributed by atoms with van der Waals surface area (Å²) in [5.41, 5.74) is -0.515. The Morgan fingerprint density at radius 1 is 0.953 bits per heavy atom. The maximum absolute atomic E-state index is 12.0. The van der Waals surface area contributed by atoms with Gasteiger partial charge in [-0.15, -0.1) is 0 Å². The first kappa shape index (κ1) is 38.6. The van der Waals surface area contributed by atoms with Crippen molar-refractivity contribution in [3.63, 3.8) is 0 Å². The van der Waals surface area contributed by atoms with E-state index >= 15 is 0 Å². The van der Waals surface area contributed by atoms with Crippen LogP contribution in [0.5, 0.6) is 0 Å². The molecule has 43 heavy (non-hydrogen) atoms. The van der Waals surface area contributed by atoms with Gasteiger partial charge in [-0.25, -0.2) is 0 Å². The van der Waals surface area contributed by atoms with Crippen LogP contribution in [0, 0.1) is 22.7 Å². The third kappa shape index (κ3) is 15.3. The monoisotopic (exact) mass is 616 g/mol. The molecular formula is C29H52N4O10. The topological polar surface area (TPSA) is 209 Å². The second-order valence-electron chi connectivity index (χ2n) is 11.3. The molecule has 1 saturated heterocycles. The summed E-state index contributed by atoms with van der Waals surface area (Å²) in [6.45, 7) is 8.84. The van der Waals surface area contributed by atoms with Crippen molar-refractivity contribution < 1.29 is 48.7 Å². The molecule has 248 valence electrons. The van der Waals surface area contributed by atoms with Crippen molar-refractivity contribution in [3.8, 4) is 6.07 Å². The maximum atomic E-state index is 12.0. The minimum atomic E-state index is -1.36. The molecule has 3 amide bonds. The van der Waals surface area contributed by atoms with Gasteiger partial charge in [0.05, 0.1) is 24.7 Å². The number of hydrogen-bond donors (Lipinski definition) is 6. The molecule has 0 bridgehead atoms. The summed E-state index contributed by atoms with van der Waals surface area (Å²) in [6.07, 6.45) is -1.26. The first-order valence-corrected chi connectivity index (χ1v) is 15.1. The van der Waals surface area contributed by atoms with Crippen molar-refractivity contribution in [2.45, 2.75) is 96.9 Å². The lowest BCUT2D eigenvalue weighted by Crippen LogP contribution is -2.64. The third-order valence-corrected chi connectivity index (χ3v) is 7.46. The molecule has 0 spiro atoms. The predicted molar refractivity (Wildman–Crippen MR) is 155 cm³/mol.